The number of piperidine rings is 1. The van der Waals surface area contributed by atoms with Crippen molar-refractivity contribution < 1.29 is 9.59 Å². The average Bonchev–Trinajstić information content (AvgIpc) is 2.62. The number of carbonyl (C=O) groups is 2. The van der Waals surface area contributed by atoms with Crippen LogP contribution in [0.1, 0.15) is 52.9 Å². The van der Waals surface area contributed by atoms with Gasteiger partial charge in [-0.25, -0.2) is 9.97 Å². The van der Waals surface area contributed by atoms with Crippen molar-refractivity contribution in [1.29, 1.82) is 0 Å². The van der Waals surface area contributed by atoms with Gasteiger partial charge in [0, 0.05) is 30.4 Å². The summed E-state index contributed by atoms with van der Waals surface area (Å²) in [6.07, 6.45) is 3.52. The van der Waals surface area contributed by atoms with Gasteiger partial charge in [-0.2, -0.15) is 0 Å². The molecule has 25 heavy (non-hydrogen) atoms. The lowest BCUT2D eigenvalue weighted by Gasteiger charge is -2.28. The zero-order valence-electron chi connectivity index (χ0n) is 14.6. The van der Waals surface area contributed by atoms with E-state index in [9.17, 15) is 9.59 Å². The van der Waals surface area contributed by atoms with Crippen LogP contribution in [0.25, 0.3) is 0 Å². The predicted octanol–water partition coefficient (Wildman–Crippen LogP) is 3.23. The van der Waals surface area contributed by atoms with E-state index in [0.717, 1.165) is 31.7 Å². The summed E-state index contributed by atoms with van der Waals surface area (Å²) in [5.74, 6) is 1.03. The van der Waals surface area contributed by atoms with Crippen LogP contribution in [0.3, 0.4) is 0 Å². The van der Waals surface area contributed by atoms with Crippen LogP contribution in [0, 0.1) is 6.92 Å². The van der Waals surface area contributed by atoms with Crippen molar-refractivity contribution in [3.8, 4) is 0 Å². The van der Waals surface area contributed by atoms with Crippen molar-refractivity contribution >= 4 is 23.2 Å². The molecule has 6 nitrogen and oxygen atoms in total. The monoisotopic (exact) mass is 338 g/mol. The lowest BCUT2D eigenvalue weighted by Crippen LogP contribution is -2.31. The minimum atomic E-state index is -0.301. The number of hydrogen-bond donors (Lipinski definition) is 1. The molecule has 0 spiro atoms. The largest absolute Gasteiger partial charge is 0.356 e. The zero-order chi connectivity index (χ0) is 17.8. The van der Waals surface area contributed by atoms with Crippen molar-refractivity contribution in [3.63, 3.8) is 0 Å². The summed E-state index contributed by atoms with van der Waals surface area (Å²) >= 11 is 0. The number of nitrogens with one attached hydrogen (secondary N) is 1. The Kier molecular flexibility index (Phi) is 5.07. The van der Waals surface area contributed by atoms with Crippen LogP contribution in [0.15, 0.2) is 30.3 Å². The Morgan fingerprint density at radius 1 is 1.08 bits per heavy atom. The summed E-state index contributed by atoms with van der Waals surface area (Å²) in [6.45, 7) is 5.20. The Morgan fingerprint density at radius 2 is 1.84 bits per heavy atom. The molecule has 1 N–H and O–H groups in total. The van der Waals surface area contributed by atoms with Gasteiger partial charge in [-0.05, 0) is 45.2 Å². The van der Waals surface area contributed by atoms with Crippen molar-refractivity contribution in [2.45, 2.75) is 33.1 Å². The Hall–Kier alpha value is -2.76. The first kappa shape index (κ1) is 17.1. The maximum absolute atomic E-state index is 12.6. The van der Waals surface area contributed by atoms with Crippen LogP contribution < -0.4 is 10.2 Å². The number of amides is 1. The normalized spacial score (nSPS) is 14.2. The van der Waals surface area contributed by atoms with E-state index in [1.807, 2.05) is 0 Å². The van der Waals surface area contributed by atoms with E-state index in [-0.39, 0.29) is 11.7 Å². The van der Waals surface area contributed by atoms with Gasteiger partial charge in [-0.1, -0.05) is 12.1 Å². The van der Waals surface area contributed by atoms with Crippen molar-refractivity contribution in [2.75, 3.05) is 23.3 Å². The van der Waals surface area contributed by atoms with E-state index < -0.39 is 0 Å². The number of aromatic nitrogens is 2. The third-order valence-electron chi connectivity index (χ3n) is 4.26. The fraction of sp³-hybridized carbons (Fsp3) is 0.368. The van der Waals surface area contributed by atoms with Crippen LogP contribution in [-0.2, 0) is 0 Å². The van der Waals surface area contributed by atoms with E-state index in [1.54, 1.807) is 37.3 Å². The van der Waals surface area contributed by atoms with Crippen molar-refractivity contribution in [1.82, 2.24) is 9.97 Å². The molecule has 0 atom stereocenters. The van der Waals surface area contributed by atoms with Gasteiger partial charge >= 0.3 is 0 Å². The third-order valence-corrected chi connectivity index (χ3v) is 4.26. The maximum atomic E-state index is 12.6. The highest BCUT2D eigenvalue weighted by atomic mass is 16.2. The molecule has 0 bridgehead atoms. The highest BCUT2D eigenvalue weighted by molar-refractivity contribution is 6.04. The lowest BCUT2D eigenvalue weighted by molar-refractivity contribution is 0.100. The van der Waals surface area contributed by atoms with Gasteiger partial charge in [-0.15, -0.1) is 0 Å². The number of hydrogen-bond acceptors (Lipinski definition) is 5. The first-order valence-electron chi connectivity index (χ1n) is 8.56. The van der Waals surface area contributed by atoms with E-state index in [0.29, 0.717) is 22.8 Å². The third kappa shape index (κ3) is 4.21. The highest BCUT2D eigenvalue weighted by Crippen LogP contribution is 2.19. The molecule has 0 radical (unpaired) electrons. The molecule has 1 aliphatic rings. The molecule has 1 saturated heterocycles. The molecule has 6 heteroatoms. The number of anilines is 2. The number of rotatable bonds is 4. The van der Waals surface area contributed by atoms with Crippen molar-refractivity contribution in [2.24, 2.45) is 0 Å². The highest BCUT2D eigenvalue weighted by Gasteiger charge is 2.17. The topological polar surface area (TPSA) is 75.2 Å². The molecule has 1 aromatic heterocycles. The number of Topliss-reactive ketones (excluding diaryl/α,β-unsaturated/α-hetero) is 1. The van der Waals surface area contributed by atoms with E-state index in [1.165, 1.54) is 13.3 Å². The number of benzene rings is 1. The predicted molar refractivity (Wildman–Crippen MR) is 97.2 cm³/mol. The molecule has 2 aromatic rings. The first-order valence-corrected chi connectivity index (χ1v) is 8.56. The number of aryl methyl sites for hydroxylation is 1. The van der Waals surface area contributed by atoms with Crippen LogP contribution >= 0.6 is 0 Å². The van der Waals surface area contributed by atoms with Gasteiger partial charge in [-0.3, -0.25) is 9.59 Å². The summed E-state index contributed by atoms with van der Waals surface area (Å²) < 4.78 is 0. The molecule has 2 heterocycles. The minimum Gasteiger partial charge on any atom is -0.356 e. The summed E-state index contributed by atoms with van der Waals surface area (Å²) in [4.78, 5) is 35.0. The van der Waals surface area contributed by atoms with Gasteiger partial charge < -0.3 is 10.2 Å². The second-order valence-electron chi connectivity index (χ2n) is 6.30. The SMILES string of the molecule is CC(=O)c1cccc(NC(=O)c2cc(N3CCCCC3)nc(C)n2)c1. The van der Waals surface area contributed by atoms with Gasteiger partial charge in [0.05, 0.1) is 0 Å². The van der Waals surface area contributed by atoms with E-state index in [2.05, 4.69) is 20.2 Å². The summed E-state index contributed by atoms with van der Waals surface area (Å²) in [5.41, 5.74) is 1.47. The number of ketones is 1. The second kappa shape index (κ2) is 7.42. The first-order chi connectivity index (χ1) is 12.0. The summed E-state index contributed by atoms with van der Waals surface area (Å²) in [6, 6.07) is 8.63. The quantitative estimate of drug-likeness (QED) is 0.866. The molecule has 3 rings (SSSR count). The summed E-state index contributed by atoms with van der Waals surface area (Å²) in [5, 5.41) is 2.81. The molecule has 1 amide bonds. The Bertz CT molecular complexity index is 798. The van der Waals surface area contributed by atoms with Gasteiger partial charge in [0.25, 0.3) is 5.91 Å². The van der Waals surface area contributed by atoms with Gasteiger partial charge in [0.1, 0.15) is 17.3 Å². The molecular weight excluding hydrogens is 316 g/mol. The molecule has 1 aromatic carbocycles. The lowest BCUT2D eigenvalue weighted by atomic mass is 10.1. The average molecular weight is 338 g/mol. The van der Waals surface area contributed by atoms with E-state index >= 15 is 0 Å². The zero-order valence-corrected chi connectivity index (χ0v) is 14.6. The molecule has 1 fully saturated rings. The second-order valence-corrected chi connectivity index (χ2v) is 6.30. The Labute approximate surface area is 147 Å². The van der Waals surface area contributed by atoms with Crippen LogP contribution in [-0.4, -0.2) is 34.7 Å². The number of nitrogens with zero attached hydrogens (tertiary/aromatic N) is 3. The Balaban J connectivity index is 1.81. The van der Waals surface area contributed by atoms with E-state index in [4.69, 9.17) is 0 Å². The van der Waals surface area contributed by atoms with Gasteiger partial charge in [0.2, 0.25) is 0 Å². The molecule has 0 saturated carbocycles. The molecule has 0 unspecified atom stereocenters. The molecule has 130 valence electrons. The van der Waals surface area contributed by atoms with Crippen LogP contribution in [0.4, 0.5) is 11.5 Å². The maximum Gasteiger partial charge on any atom is 0.274 e. The van der Waals surface area contributed by atoms with Gasteiger partial charge in [0.15, 0.2) is 5.78 Å². The number of carbonyl (C=O) groups excluding carboxylic acids is 2. The molecular formula is C19H22N4O2. The fourth-order valence-electron chi connectivity index (χ4n) is 2.96. The smallest absolute Gasteiger partial charge is 0.274 e. The van der Waals surface area contributed by atoms with Crippen molar-refractivity contribution in [3.05, 3.63) is 47.4 Å². The Morgan fingerprint density at radius 3 is 2.56 bits per heavy atom. The minimum absolute atomic E-state index is 0.0404. The standard InChI is InChI=1S/C19H22N4O2/c1-13(24)15-7-6-8-16(11-15)22-19(25)17-12-18(21-14(2)20-17)23-9-4-3-5-10-23/h6-8,11-12H,3-5,9-10H2,1-2H3,(H,22,25). The van der Waals surface area contributed by atoms with Crippen LogP contribution in [0.5, 0.6) is 0 Å². The summed E-state index contributed by atoms with van der Waals surface area (Å²) in [7, 11) is 0. The fourth-order valence-corrected chi connectivity index (χ4v) is 2.96. The van der Waals surface area contributed by atoms with Crippen LogP contribution in [0.2, 0.25) is 0 Å². The molecule has 1 aliphatic heterocycles. The molecule has 0 aliphatic carbocycles.